The lowest BCUT2D eigenvalue weighted by Gasteiger charge is -2.23. The average molecular weight is 279 g/mol. The Bertz CT molecular complexity index is 368. The first-order chi connectivity index (χ1) is 9.65. The molecule has 1 aromatic heterocycles. The molecule has 0 bridgehead atoms. The highest BCUT2D eigenvalue weighted by atomic mass is 16.5. The van der Waals surface area contributed by atoms with E-state index in [-0.39, 0.29) is 0 Å². The van der Waals surface area contributed by atoms with Crippen LogP contribution in [0.25, 0.3) is 0 Å². The number of aromatic nitrogens is 1. The SMILES string of the molecule is CCCNc1ccnc(CN(CCOC)CC(C)C)c1. The van der Waals surface area contributed by atoms with E-state index >= 15 is 0 Å². The van der Waals surface area contributed by atoms with Gasteiger partial charge in [0.05, 0.1) is 12.3 Å². The molecule has 1 heterocycles. The number of rotatable bonds is 10. The highest BCUT2D eigenvalue weighted by Crippen LogP contribution is 2.11. The van der Waals surface area contributed by atoms with Crippen LogP contribution in [0, 0.1) is 5.92 Å². The van der Waals surface area contributed by atoms with Crippen molar-refractivity contribution in [2.75, 3.05) is 38.7 Å². The van der Waals surface area contributed by atoms with Crippen LogP contribution in [-0.4, -0.2) is 43.2 Å². The fourth-order valence-electron chi connectivity index (χ4n) is 2.14. The molecule has 0 amide bonds. The van der Waals surface area contributed by atoms with Crippen molar-refractivity contribution in [2.45, 2.75) is 33.7 Å². The Balaban J connectivity index is 2.61. The van der Waals surface area contributed by atoms with E-state index in [4.69, 9.17) is 4.74 Å². The zero-order valence-electron chi connectivity index (χ0n) is 13.4. The number of methoxy groups -OCH3 is 1. The van der Waals surface area contributed by atoms with Gasteiger partial charge in [-0.3, -0.25) is 9.88 Å². The van der Waals surface area contributed by atoms with E-state index in [0.717, 1.165) is 50.6 Å². The minimum atomic E-state index is 0.647. The molecule has 0 fully saturated rings. The minimum Gasteiger partial charge on any atom is -0.385 e. The summed E-state index contributed by atoms with van der Waals surface area (Å²) in [6, 6.07) is 4.18. The van der Waals surface area contributed by atoms with Crippen LogP contribution in [0.5, 0.6) is 0 Å². The van der Waals surface area contributed by atoms with Gasteiger partial charge in [-0.05, 0) is 24.5 Å². The van der Waals surface area contributed by atoms with Crippen molar-refractivity contribution in [2.24, 2.45) is 5.92 Å². The van der Waals surface area contributed by atoms with Crippen LogP contribution >= 0.6 is 0 Å². The van der Waals surface area contributed by atoms with Crippen molar-refractivity contribution < 1.29 is 4.74 Å². The third kappa shape index (κ3) is 6.87. The Morgan fingerprint density at radius 3 is 2.85 bits per heavy atom. The molecule has 0 atom stereocenters. The first kappa shape index (κ1) is 16.9. The van der Waals surface area contributed by atoms with Gasteiger partial charge in [0.25, 0.3) is 0 Å². The Hall–Kier alpha value is -1.13. The molecule has 4 nitrogen and oxygen atoms in total. The molecule has 1 N–H and O–H groups in total. The van der Waals surface area contributed by atoms with Crippen LogP contribution in [0.4, 0.5) is 5.69 Å². The third-order valence-corrected chi connectivity index (χ3v) is 3.02. The first-order valence-corrected chi connectivity index (χ1v) is 7.55. The van der Waals surface area contributed by atoms with E-state index in [9.17, 15) is 0 Å². The molecule has 0 spiro atoms. The van der Waals surface area contributed by atoms with Gasteiger partial charge in [-0.2, -0.15) is 0 Å². The lowest BCUT2D eigenvalue weighted by atomic mass is 10.2. The van der Waals surface area contributed by atoms with E-state index in [1.807, 2.05) is 12.3 Å². The second-order valence-electron chi connectivity index (χ2n) is 5.58. The molecule has 1 rings (SSSR count). The first-order valence-electron chi connectivity index (χ1n) is 7.55. The Labute approximate surface area is 123 Å². The van der Waals surface area contributed by atoms with Crippen molar-refractivity contribution >= 4 is 5.69 Å². The smallest absolute Gasteiger partial charge is 0.0589 e. The minimum absolute atomic E-state index is 0.647. The van der Waals surface area contributed by atoms with Crippen LogP contribution in [0.3, 0.4) is 0 Å². The summed E-state index contributed by atoms with van der Waals surface area (Å²) in [6.45, 7) is 11.3. The van der Waals surface area contributed by atoms with Gasteiger partial charge in [0.15, 0.2) is 0 Å². The maximum Gasteiger partial charge on any atom is 0.0589 e. The maximum absolute atomic E-state index is 5.19. The van der Waals surface area contributed by atoms with Crippen LogP contribution < -0.4 is 5.32 Å². The van der Waals surface area contributed by atoms with Gasteiger partial charge in [0.2, 0.25) is 0 Å². The molecule has 0 saturated heterocycles. The lowest BCUT2D eigenvalue weighted by molar-refractivity contribution is 0.135. The quantitative estimate of drug-likeness (QED) is 0.714. The number of hydrogen-bond acceptors (Lipinski definition) is 4. The van der Waals surface area contributed by atoms with Crippen LogP contribution in [0.2, 0.25) is 0 Å². The zero-order chi connectivity index (χ0) is 14.8. The zero-order valence-corrected chi connectivity index (χ0v) is 13.4. The lowest BCUT2D eigenvalue weighted by Crippen LogP contribution is -2.31. The topological polar surface area (TPSA) is 37.4 Å². The Morgan fingerprint density at radius 1 is 1.40 bits per heavy atom. The highest BCUT2D eigenvalue weighted by molar-refractivity contribution is 5.43. The monoisotopic (exact) mass is 279 g/mol. The summed E-state index contributed by atoms with van der Waals surface area (Å²) in [5, 5.41) is 3.41. The van der Waals surface area contributed by atoms with Gasteiger partial charge < -0.3 is 10.1 Å². The molecule has 0 aliphatic carbocycles. The third-order valence-electron chi connectivity index (χ3n) is 3.02. The van der Waals surface area contributed by atoms with Gasteiger partial charge in [0, 0.05) is 45.2 Å². The maximum atomic E-state index is 5.19. The van der Waals surface area contributed by atoms with E-state index in [1.54, 1.807) is 7.11 Å². The van der Waals surface area contributed by atoms with E-state index < -0.39 is 0 Å². The van der Waals surface area contributed by atoms with Crippen molar-refractivity contribution in [1.29, 1.82) is 0 Å². The molecular weight excluding hydrogens is 250 g/mol. The summed E-state index contributed by atoms with van der Waals surface area (Å²) in [5.74, 6) is 0.647. The highest BCUT2D eigenvalue weighted by Gasteiger charge is 2.09. The van der Waals surface area contributed by atoms with E-state index in [0.29, 0.717) is 5.92 Å². The summed E-state index contributed by atoms with van der Waals surface area (Å²) in [5.41, 5.74) is 2.27. The van der Waals surface area contributed by atoms with Gasteiger partial charge in [-0.25, -0.2) is 0 Å². The number of nitrogens with one attached hydrogen (secondary N) is 1. The fourth-order valence-corrected chi connectivity index (χ4v) is 2.14. The number of nitrogens with zero attached hydrogens (tertiary/aromatic N) is 2. The second-order valence-corrected chi connectivity index (χ2v) is 5.58. The standard InChI is InChI=1S/C16H29N3O/c1-5-7-17-15-6-8-18-16(11-15)13-19(9-10-20-4)12-14(2)3/h6,8,11,14H,5,7,9-10,12-13H2,1-4H3,(H,17,18). The number of anilines is 1. The summed E-state index contributed by atoms with van der Waals surface area (Å²) in [6.07, 6.45) is 3.02. The van der Waals surface area contributed by atoms with Gasteiger partial charge in [0.1, 0.15) is 0 Å². The molecule has 0 aromatic carbocycles. The molecule has 114 valence electrons. The van der Waals surface area contributed by atoms with Crippen molar-refractivity contribution in [1.82, 2.24) is 9.88 Å². The van der Waals surface area contributed by atoms with Crippen molar-refractivity contribution in [3.63, 3.8) is 0 Å². The summed E-state index contributed by atoms with van der Waals surface area (Å²) in [4.78, 5) is 6.88. The fraction of sp³-hybridized carbons (Fsp3) is 0.688. The van der Waals surface area contributed by atoms with Crippen molar-refractivity contribution in [3.05, 3.63) is 24.0 Å². The second kappa shape index (κ2) is 9.72. The normalized spacial score (nSPS) is 11.3. The molecule has 0 aliphatic rings. The van der Waals surface area contributed by atoms with E-state index in [1.165, 1.54) is 0 Å². The molecule has 0 saturated carbocycles. The Kier molecular flexibility index (Phi) is 8.23. The summed E-state index contributed by atoms with van der Waals surface area (Å²) < 4.78 is 5.19. The van der Waals surface area contributed by atoms with Gasteiger partial charge >= 0.3 is 0 Å². The predicted octanol–water partition coefficient (Wildman–Crippen LogP) is 3.01. The molecule has 1 aromatic rings. The molecular formula is C16H29N3O. The predicted molar refractivity (Wildman–Crippen MR) is 85.0 cm³/mol. The van der Waals surface area contributed by atoms with Crippen LogP contribution in [-0.2, 0) is 11.3 Å². The van der Waals surface area contributed by atoms with Gasteiger partial charge in [-0.15, -0.1) is 0 Å². The molecule has 0 aliphatic heterocycles. The van der Waals surface area contributed by atoms with Crippen LogP contribution in [0.1, 0.15) is 32.9 Å². The number of hydrogen-bond donors (Lipinski definition) is 1. The van der Waals surface area contributed by atoms with Crippen LogP contribution in [0.15, 0.2) is 18.3 Å². The Morgan fingerprint density at radius 2 is 2.20 bits per heavy atom. The molecule has 0 unspecified atom stereocenters. The number of ether oxygens (including phenoxy) is 1. The molecule has 4 heteroatoms. The summed E-state index contributed by atoms with van der Waals surface area (Å²) in [7, 11) is 1.75. The molecule has 0 radical (unpaired) electrons. The van der Waals surface area contributed by atoms with Gasteiger partial charge in [-0.1, -0.05) is 20.8 Å². The molecule has 20 heavy (non-hydrogen) atoms. The summed E-state index contributed by atoms with van der Waals surface area (Å²) >= 11 is 0. The average Bonchev–Trinajstić information content (AvgIpc) is 2.42. The largest absolute Gasteiger partial charge is 0.385 e. The number of pyridine rings is 1. The van der Waals surface area contributed by atoms with Crippen molar-refractivity contribution in [3.8, 4) is 0 Å². The van der Waals surface area contributed by atoms with E-state index in [2.05, 4.69) is 42.0 Å².